The predicted octanol–water partition coefficient (Wildman–Crippen LogP) is 4.60. The maximum atomic E-state index is 11.9. The van der Waals surface area contributed by atoms with Crippen LogP contribution < -0.4 is 14.2 Å². The van der Waals surface area contributed by atoms with E-state index in [9.17, 15) is 9.59 Å². The lowest BCUT2D eigenvalue weighted by atomic mass is 10.2. The van der Waals surface area contributed by atoms with Crippen molar-refractivity contribution in [1.82, 2.24) is 0 Å². The monoisotopic (exact) mass is 382 g/mol. The van der Waals surface area contributed by atoms with Gasteiger partial charge in [0, 0.05) is 0 Å². The normalized spacial score (nSPS) is 10.2. The van der Waals surface area contributed by atoms with E-state index >= 15 is 0 Å². The van der Waals surface area contributed by atoms with Crippen molar-refractivity contribution >= 4 is 35.1 Å². The molecule has 0 atom stereocenters. The van der Waals surface area contributed by atoms with Crippen LogP contribution in [0.1, 0.15) is 18.4 Å². The second-order valence-corrected chi connectivity index (χ2v) is 5.94. The van der Waals surface area contributed by atoms with Crippen LogP contribution in [0.25, 0.3) is 0 Å². The third-order valence-corrected chi connectivity index (χ3v) is 4.02. The van der Waals surface area contributed by atoms with Crippen molar-refractivity contribution in [3.8, 4) is 17.2 Å². The molecule has 0 aromatic heterocycles. The molecule has 5 nitrogen and oxygen atoms in total. The molecule has 0 bridgehead atoms. The topological polar surface area (TPSA) is 61.8 Å². The van der Waals surface area contributed by atoms with Crippen LogP contribution in [0.4, 0.5) is 0 Å². The van der Waals surface area contributed by atoms with E-state index in [0.717, 1.165) is 5.56 Å². The zero-order valence-corrected chi connectivity index (χ0v) is 15.2. The highest BCUT2D eigenvalue weighted by molar-refractivity contribution is 6.43. The number of hydrogen-bond donors (Lipinski definition) is 0. The van der Waals surface area contributed by atoms with Gasteiger partial charge >= 0.3 is 11.9 Å². The second-order valence-electron chi connectivity index (χ2n) is 5.15. The molecule has 0 saturated carbocycles. The van der Waals surface area contributed by atoms with Crippen molar-refractivity contribution in [3.05, 3.63) is 52.0 Å². The average molecular weight is 383 g/mol. The summed E-state index contributed by atoms with van der Waals surface area (Å²) in [7, 11) is 1.48. The van der Waals surface area contributed by atoms with E-state index in [1.165, 1.54) is 13.2 Å². The summed E-state index contributed by atoms with van der Waals surface area (Å²) < 4.78 is 15.5. The Labute approximate surface area is 155 Å². The molecule has 2 aromatic rings. The summed E-state index contributed by atoms with van der Waals surface area (Å²) in [6.07, 6.45) is -0.302. The van der Waals surface area contributed by atoms with Crippen LogP contribution in [0.15, 0.2) is 36.4 Å². The molecule has 0 amide bonds. The molecule has 132 valence electrons. The smallest absolute Gasteiger partial charge is 0.311 e. The summed E-state index contributed by atoms with van der Waals surface area (Å²) in [6, 6.07) is 9.92. The van der Waals surface area contributed by atoms with Gasteiger partial charge in [0.15, 0.2) is 17.2 Å². The van der Waals surface area contributed by atoms with Crippen molar-refractivity contribution in [2.75, 3.05) is 7.11 Å². The van der Waals surface area contributed by atoms with E-state index in [1.807, 2.05) is 13.0 Å². The highest BCUT2D eigenvalue weighted by Gasteiger charge is 2.15. The van der Waals surface area contributed by atoms with E-state index in [0.29, 0.717) is 11.5 Å². The van der Waals surface area contributed by atoms with E-state index in [4.69, 9.17) is 37.4 Å². The lowest BCUT2D eigenvalue weighted by molar-refractivity contribution is -0.140. The molecule has 0 radical (unpaired) electrons. The molecule has 0 aliphatic heterocycles. The van der Waals surface area contributed by atoms with Crippen molar-refractivity contribution in [1.29, 1.82) is 0 Å². The number of halogens is 2. The highest BCUT2D eigenvalue weighted by atomic mass is 35.5. The first-order valence-corrected chi connectivity index (χ1v) is 8.16. The second kappa shape index (κ2) is 8.74. The zero-order chi connectivity index (χ0) is 18.4. The van der Waals surface area contributed by atoms with Crippen LogP contribution in [0, 0.1) is 6.92 Å². The molecular weight excluding hydrogens is 367 g/mol. The molecule has 0 N–H and O–H groups in total. The SMILES string of the molecule is COc1ccc(C)cc1OC(=O)CCC(=O)Oc1cccc(Cl)c1Cl. The molecule has 0 fully saturated rings. The summed E-state index contributed by atoms with van der Waals surface area (Å²) >= 11 is 11.8. The Balaban J connectivity index is 1.90. The van der Waals surface area contributed by atoms with Crippen molar-refractivity contribution in [2.24, 2.45) is 0 Å². The summed E-state index contributed by atoms with van der Waals surface area (Å²) in [5.74, 6) is -0.297. The number of hydrogen-bond acceptors (Lipinski definition) is 5. The molecule has 0 unspecified atom stereocenters. The summed E-state index contributed by atoms with van der Waals surface area (Å²) in [4.78, 5) is 23.8. The number of aryl methyl sites for hydroxylation is 1. The van der Waals surface area contributed by atoms with Gasteiger partial charge < -0.3 is 14.2 Å². The van der Waals surface area contributed by atoms with Crippen LogP contribution in [-0.2, 0) is 9.59 Å². The Morgan fingerprint density at radius 2 is 1.56 bits per heavy atom. The minimum atomic E-state index is -0.614. The maximum absolute atomic E-state index is 11.9. The lowest BCUT2D eigenvalue weighted by Gasteiger charge is -2.10. The van der Waals surface area contributed by atoms with Gasteiger partial charge in [-0.1, -0.05) is 35.3 Å². The Hall–Kier alpha value is -2.24. The Morgan fingerprint density at radius 1 is 0.920 bits per heavy atom. The van der Waals surface area contributed by atoms with Crippen LogP contribution in [0.2, 0.25) is 10.0 Å². The van der Waals surface area contributed by atoms with Gasteiger partial charge in [-0.15, -0.1) is 0 Å². The van der Waals surface area contributed by atoms with Crippen molar-refractivity contribution in [3.63, 3.8) is 0 Å². The minimum absolute atomic E-state index is 0.143. The van der Waals surface area contributed by atoms with Gasteiger partial charge in [0.1, 0.15) is 5.02 Å². The minimum Gasteiger partial charge on any atom is -0.493 e. The molecular formula is C18H16Cl2O5. The molecule has 2 aromatic carbocycles. The fraction of sp³-hybridized carbons (Fsp3) is 0.222. The van der Waals surface area contributed by atoms with Crippen LogP contribution in [-0.4, -0.2) is 19.0 Å². The fourth-order valence-electron chi connectivity index (χ4n) is 1.98. The zero-order valence-electron chi connectivity index (χ0n) is 13.7. The van der Waals surface area contributed by atoms with Gasteiger partial charge in [-0.3, -0.25) is 9.59 Å². The third kappa shape index (κ3) is 5.37. The number of carbonyl (C=O) groups is 2. The quantitative estimate of drug-likeness (QED) is 0.539. The van der Waals surface area contributed by atoms with E-state index in [-0.39, 0.29) is 28.6 Å². The van der Waals surface area contributed by atoms with Gasteiger partial charge in [-0.05, 0) is 36.8 Å². The largest absolute Gasteiger partial charge is 0.493 e. The first-order valence-electron chi connectivity index (χ1n) is 7.40. The van der Waals surface area contributed by atoms with Gasteiger partial charge in [0.05, 0.1) is 25.0 Å². The average Bonchev–Trinajstić information content (AvgIpc) is 2.57. The molecule has 0 aliphatic carbocycles. The van der Waals surface area contributed by atoms with Gasteiger partial charge in [-0.25, -0.2) is 0 Å². The van der Waals surface area contributed by atoms with Gasteiger partial charge in [-0.2, -0.15) is 0 Å². The molecule has 0 spiro atoms. The number of methoxy groups -OCH3 is 1. The Bertz CT molecular complexity index is 789. The summed E-state index contributed by atoms with van der Waals surface area (Å²) in [5.41, 5.74) is 0.915. The maximum Gasteiger partial charge on any atom is 0.311 e. The first kappa shape index (κ1) is 19.1. The van der Waals surface area contributed by atoms with Gasteiger partial charge in [0.2, 0.25) is 0 Å². The number of ether oxygens (including phenoxy) is 3. The molecule has 0 aliphatic rings. The summed E-state index contributed by atoms with van der Waals surface area (Å²) in [5, 5.41) is 0.419. The molecule has 7 heteroatoms. The molecule has 25 heavy (non-hydrogen) atoms. The lowest BCUT2D eigenvalue weighted by Crippen LogP contribution is -2.14. The summed E-state index contributed by atoms with van der Waals surface area (Å²) in [6.45, 7) is 1.86. The van der Waals surface area contributed by atoms with Crippen LogP contribution in [0.5, 0.6) is 17.2 Å². The first-order chi connectivity index (χ1) is 11.9. The van der Waals surface area contributed by atoms with Crippen LogP contribution >= 0.6 is 23.2 Å². The standard InChI is InChI=1S/C18H16Cl2O5/c1-11-6-7-13(23-2)15(10-11)25-17(22)9-8-16(21)24-14-5-3-4-12(19)18(14)20/h3-7,10H,8-9H2,1-2H3. The third-order valence-electron chi connectivity index (χ3n) is 3.22. The van der Waals surface area contributed by atoms with Crippen molar-refractivity contribution < 1.29 is 23.8 Å². The van der Waals surface area contributed by atoms with Crippen LogP contribution in [0.3, 0.4) is 0 Å². The number of carbonyl (C=O) groups excluding carboxylic acids is 2. The molecule has 0 saturated heterocycles. The number of benzene rings is 2. The molecule has 2 rings (SSSR count). The van der Waals surface area contributed by atoms with E-state index in [2.05, 4.69) is 0 Å². The van der Waals surface area contributed by atoms with E-state index in [1.54, 1.807) is 24.3 Å². The highest BCUT2D eigenvalue weighted by Crippen LogP contribution is 2.32. The Morgan fingerprint density at radius 3 is 2.20 bits per heavy atom. The number of rotatable bonds is 6. The number of esters is 2. The predicted molar refractivity (Wildman–Crippen MR) is 94.7 cm³/mol. The van der Waals surface area contributed by atoms with Crippen molar-refractivity contribution in [2.45, 2.75) is 19.8 Å². The molecule has 0 heterocycles. The Kier molecular flexibility index (Phi) is 6.67. The fourth-order valence-corrected chi connectivity index (χ4v) is 2.31. The van der Waals surface area contributed by atoms with E-state index < -0.39 is 11.9 Å². The van der Waals surface area contributed by atoms with Gasteiger partial charge in [0.25, 0.3) is 0 Å².